The fraction of sp³-hybridized carbons (Fsp3) is 0.385. The van der Waals surface area contributed by atoms with Crippen LogP contribution in [0.5, 0.6) is 5.75 Å². The molecule has 0 heterocycles. The zero-order valence-electron chi connectivity index (χ0n) is 9.37. The first-order chi connectivity index (χ1) is 7.15. The summed E-state index contributed by atoms with van der Waals surface area (Å²) in [4.78, 5) is 0. The predicted octanol–water partition coefficient (Wildman–Crippen LogP) is 2.45. The minimum atomic E-state index is -0.519. The fourth-order valence-corrected chi connectivity index (χ4v) is 1.31. The summed E-state index contributed by atoms with van der Waals surface area (Å²) in [6.07, 6.45) is -0.519. The molecule has 2 heteroatoms. The van der Waals surface area contributed by atoms with E-state index >= 15 is 0 Å². The Morgan fingerprint density at radius 1 is 1.47 bits per heavy atom. The minimum Gasteiger partial charge on any atom is -0.481 e. The van der Waals surface area contributed by atoms with Crippen molar-refractivity contribution in [2.24, 2.45) is 0 Å². The predicted molar refractivity (Wildman–Crippen MR) is 60.8 cm³/mol. The third kappa shape index (κ3) is 3.30. The summed E-state index contributed by atoms with van der Waals surface area (Å²) >= 11 is 0. The number of aliphatic hydroxyl groups excluding tert-OH is 1. The number of aryl methyl sites for hydroxylation is 1. The third-order valence-electron chi connectivity index (χ3n) is 2.09. The molecule has 1 aromatic rings. The molecule has 2 nitrogen and oxygen atoms in total. The van der Waals surface area contributed by atoms with E-state index in [1.165, 1.54) is 0 Å². The smallest absolute Gasteiger partial charge is 0.149 e. The summed E-state index contributed by atoms with van der Waals surface area (Å²) < 4.78 is 5.46. The van der Waals surface area contributed by atoms with Crippen LogP contribution in [0.15, 0.2) is 18.2 Å². The zero-order chi connectivity index (χ0) is 11.3. The molecule has 0 aromatic heterocycles. The van der Waals surface area contributed by atoms with Gasteiger partial charge in [0.1, 0.15) is 12.4 Å². The van der Waals surface area contributed by atoms with Crippen molar-refractivity contribution in [1.82, 2.24) is 0 Å². The molecule has 0 unspecified atom stereocenters. The molecule has 0 fully saturated rings. The van der Waals surface area contributed by atoms with Gasteiger partial charge in [0.15, 0.2) is 0 Å². The van der Waals surface area contributed by atoms with Gasteiger partial charge in [-0.2, -0.15) is 0 Å². The van der Waals surface area contributed by atoms with Crippen molar-refractivity contribution in [2.75, 3.05) is 6.61 Å². The molecule has 1 N–H and O–H groups in total. The summed E-state index contributed by atoms with van der Waals surface area (Å²) in [6, 6.07) is 5.76. The molecule has 0 spiro atoms. The highest BCUT2D eigenvalue weighted by atomic mass is 16.5. The second kappa shape index (κ2) is 5.43. The molecule has 0 saturated carbocycles. The van der Waals surface area contributed by atoms with E-state index < -0.39 is 6.10 Å². The topological polar surface area (TPSA) is 29.5 Å². The third-order valence-corrected chi connectivity index (χ3v) is 2.09. The van der Waals surface area contributed by atoms with Gasteiger partial charge < -0.3 is 9.84 Å². The SMILES string of the molecule is CC#CCOc1ccc(C)cc1[C@H](C)O. The molecule has 0 radical (unpaired) electrons. The Balaban J connectivity index is 2.89. The molecule has 1 atom stereocenters. The van der Waals surface area contributed by atoms with Crippen molar-refractivity contribution in [3.05, 3.63) is 29.3 Å². The van der Waals surface area contributed by atoms with Crippen LogP contribution >= 0.6 is 0 Å². The lowest BCUT2D eigenvalue weighted by atomic mass is 10.1. The van der Waals surface area contributed by atoms with E-state index in [1.54, 1.807) is 13.8 Å². The highest BCUT2D eigenvalue weighted by Crippen LogP contribution is 2.25. The zero-order valence-corrected chi connectivity index (χ0v) is 9.37. The molecule has 0 aliphatic carbocycles. The largest absolute Gasteiger partial charge is 0.481 e. The lowest BCUT2D eigenvalue weighted by Gasteiger charge is -2.12. The van der Waals surface area contributed by atoms with Gasteiger partial charge in [-0.05, 0) is 32.9 Å². The average molecular weight is 204 g/mol. The van der Waals surface area contributed by atoms with Crippen LogP contribution in [-0.4, -0.2) is 11.7 Å². The second-order valence-corrected chi connectivity index (χ2v) is 3.43. The van der Waals surface area contributed by atoms with Crippen molar-refractivity contribution in [3.8, 4) is 17.6 Å². The number of rotatable bonds is 3. The molecule has 15 heavy (non-hydrogen) atoms. The maximum atomic E-state index is 9.57. The van der Waals surface area contributed by atoms with Crippen LogP contribution in [0.4, 0.5) is 0 Å². The minimum absolute atomic E-state index is 0.360. The van der Waals surface area contributed by atoms with Gasteiger partial charge in [0.25, 0.3) is 0 Å². The van der Waals surface area contributed by atoms with Crippen LogP contribution in [0.1, 0.15) is 31.1 Å². The highest BCUT2D eigenvalue weighted by Gasteiger charge is 2.08. The standard InChI is InChI=1S/C13H16O2/c1-4-5-8-15-13-7-6-10(2)9-12(13)11(3)14/h6-7,9,11,14H,8H2,1-3H3/t11-/m0/s1. The van der Waals surface area contributed by atoms with E-state index in [0.717, 1.165) is 11.1 Å². The highest BCUT2D eigenvalue weighted by molar-refractivity contribution is 5.38. The normalized spacial score (nSPS) is 11.5. The van der Waals surface area contributed by atoms with E-state index in [0.29, 0.717) is 12.4 Å². The average Bonchev–Trinajstić information content (AvgIpc) is 2.20. The number of benzene rings is 1. The molecule has 0 amide bonds. The van der Waals surface area contributed by atoms with Crippen molar-refractivity contribution in [1.29, 1.82) is 0 Å². The summed E-state index contributed by atoms with van der Waals surface area (Å²) in [5, 5.41) is 9.57. The number of hydrogen-bond donors (Lipinski definition) is 1. The maximum Gasteiger partial charge on any atom is 0.149 e. The maximum absolute atomic E-state index is 9.57. The van der Waals surface area contributed by atoms with Crippen LogP contribution in [0, 0.1) is 18.8 Å². The summed E-state index contributed by atoms with van der Waals surface area (Å²) in [5.41, 5.74) is 1.92. The van der Waals surface area contributed by atoms with Gasteiger partial charge in [-0.1, -0.05) is 17.6 Å². The number of ether oxygens (including phenoxy) is 1. The molecule has 80 valence electrons. The van der Waals surface area contributed by atoms with Crippen LogP contribution in [0.2, 0.25) is 0 Å². The van der Waals surface area contributed by atoms with Crippen molar-refractivity contribution >= 4 is 0 Å². The lowest BCUT2D eigenvalue weighted by molar-refractivity contribution is 0.193. The van der Waals surface area contributed by atoms with Crippen LogP contribution in [0.3, 0.4) is 0 Å². The van der Waals surface area contributed by atoms with Crippen LogP contribution in [0.25, 0.3) is 0 Å². The fourth-order valence-electron chi connectivity index (χ4n) is 1.31. The van der Waals surface area contributed by atoms with E-state index in [1.807, 2.05) is 25.1 Å². The first-order valence-corrected chi connectivity index (χ1v) is 4.96. The van der Waals surface area contributed by atoms with Gasteiger partial charge in [-0.3, -0.25) is 0 Å². The van der Waals surface area contributed by atoms with Crippen molar-refractivity contribution in [3.63, 3.8) is 0 Å². The molecule has 1 aromatic carbocycles. The Bertz CT molecular complexity index is 383. The number of hydrogen-bond acceptors (Lipinski definition) is 2. The Kier molecular flexibility index (Phi) is 4.20. The summed E-state index contributed by atoms with van der Waals surface area (Å²) in [7, 11) is 0. The van der Waals surface area contributed by atoms with Crippen LogP contribution in [-0.2, 0) is 0 Å². The quantitative estimate of drug-likeness (QED) is 0.766. The molecular formula is C13H16O2. The second-order valence-electron chi connectivity index (χ2n) is 3.43. The lowest BCUT2D eigenvalue weighted by Crippen LogP contribution is -2.01. The molecule has 0 bridgehead atoms. The van der Waals surface area contributed by atoms with Gasteiger partial charge in [0.2, 0.25) is 0 Å². The van der Waals surface area contributed by atoms with Crippen molar-refractivity contribution < 1.29 is 9.84 Å². The first-order valence-electron chi connectivity index (χ1n) is 4.96. The van der Waals surface area contributed by atoms with Gasteiger partial charge in [-0.15, -0.1) is 5.92 Å². The van der Waals surface area contributed by atoms with Gasteiger partial charge in [0, 0.05) is 5.56 Å². The van der Waals surface area contributed by atoms with Gasteiger partial charge in [-0.25, -0.2) is 0 Å². The number of aliphatic hydroxyl groups is 1. The van der Waals surface area contributed by atoms with E-state index in [2.05, 4.69) is 11.8 Å². The molecule has 0 saturated heterocycles. The van der Waals surface area contributed by atoms with E-state index in [-0.39, 0.29) is 0 Å². The van der Waals surface area contributed by atoms with Crippen molar-refractivity contribution in [2.45, 2.75) is 26.9 Å². The van der Waals surface area contributed by atoms with Crippen LogP contribution < -0.4 is 4.74 Å². The van der Waals surface area contributed by atoms with Gasteiger partial charge >= 0.3 is 0 Å². The molecule has 0 aliphatic heterocycles. The van der Waals surface area contributed by atoms with E-state index in [9.17, 15) is 5.11 Å². The molecule has 1 rings (SSSR count). The molecule has 0 aliphatic rings. The Labute approximate surface area is 90.9 Å². The first kappa shape index (κ1) is 11.6. The Morgan fingerprint density at radius 3 is 2.80 bits per heavy atom. The summed E-state index contributed by atoms with van der Waals surface area (Å²) in [6.45, 7) is 5.85. The van der Waals surface area contributed by atoms with Gasteiger partial charge in [0.05, 0.1) is 6.10 Å². The van der Waals surface area contributed by atoms with E-state index in [4.69, 9.17) is 4.74 Å². The molecular weight excluding hydrogens is 188 g/mol. The Hall–Kier alpha value is -1.46. The monoisotopic (exact) mass is 204 g/mol. The Morgan fingerprint density at radius 2 is 2.20 bits per heavy atom. The summed E-state index contributed by atoms with van der Waals surface area (Å²) in [5.74, 6) is 6.29.